The molecule has 0 saturated heterocycles. The fourth-order valence-corrected chi connectivity index (χ4v) is 21.7. The van der Waals surface area contributed by atoms with E-state index in [0.717, 1.165) is 100 Å². The monoisotopic (exact) mass is 1640 g/mol. The Labute approximate surface area is 741 Å². The molecule has 600 valence electrons. The average molecular weight is 1640 g/mol. The summed E-state index contributed by atoms with van der Waals surface area (Å²) < 4.78 is 9.68. The van der Waals surface area contributed by atoms with Crippen LogP contribution in [0.25, 0.3) is 253 Å². The molecule has 0 saturated carbocycles. The van der Waals surface area contributed by atoms with Crippen molar-refractivity contribution in [3.05, 3.63) is 436 Å². The summed E-state index contributed by atoms with van der Waals surface area (Å²) in [5.41, 5.74) is 26.9. The molecule has 0 fully saturated rings. The second kappa shape index (κ2) is 28.0. The zero-order valence-electron chi connectivity index (χ0n) is 70.5. The Hall–Kier alpha value is -16.9. The predicted octanol–water partition coefficient (Wildman–Crippen LogP) is 31.5. The molecule has 0 aliphatic heterocycles. The van der Waals surface area contributed by atoms with Gasteiger partial charge in [0, 0.05) is 104 Å². The first-order valence-electron chi connectivity index (χ1n) is 44.4. The van der Waals surface area contributed by atoms with Crippen LogP contribution in [-0.2, 0) is 5.41 Å². The average Bonchev–Trinajstić information content (AvgIpc) is 1.58. The van der Waals surface area contributed by atoms with Crippen LogP contribution in [0, 0.1) is 0 Å². The SMILES string of the molecule is CC1(C)c2ccccc2-c2ccc(-c3nc(-c4cccc(-n5c6ccccc6c6cc7ccc(-n8c9ccccc9c9c%10ccccc%10ccc98)cc7cc65)c4)nc4ccccc34)cc21.c1cc(-c2nc(-c3ccc4ccc5ccccc5c4c3)c3ccccc3n2)cc(-n2c3ccccc3c3cc4ccc(-n5c6ccccc6c6c7ccccc7ccc65)cc4cc32)c1. The quantitative estimate of drug-likeness (QED) is 0.142. The zero-order valence-corrected chi connectivity index (χ0v) is 70.5. The van der Waals surface area contributed by atoms with E-state index in [4.69, 9.17) is 19.9 Å². The first-order valence-corrected chi connectivity index (χ1v) is 44.4. The molecule has 28 rings (SSSR count). The third-order valence-electron chi connectivity index (χ3n) is 27.7. The first kappa shape index (κ1) is 72.5. The van der Waals surface area contributed by atoms with Crippen molar-refractivity contribution in [2.45, 2.75) is 19.3 Å². The van der Waals surface area contributed by atoms with Gasteiger partial charge >= 0.3 is 0 Å². The van der Waals surface area contributed by atoms with Crippen molar-refractivity contribution in [3.8, 4) is 79.2 Å². The van der Waals surface area contributed by atoms with E-state index >= 15 is 0 Å². The Bertz CT molecular complexity index is 9520. The Morgan fingerprint density at radius 1 is 0.186 bits per heavy atom. The van der Waals surface area contributed by atoms with Gasteiger partial charge in [-0.2, -0.15) is 0 Å². The third kappa shape index (κ3) is 11.2. The maximum atomic E-state index is 5.42. The van der Waals surface area contributed by atoms with Crippen LogP contribution in [0.5, 0.6) is 0 Å². The molecule has 8 heteroatoms. The Kier molecular flexibility index (Phi) is 15.8. The number of para-hydroxylation sites is 6. The van der Waals surface area contributed by atoms with E-state index in [1.807, 2.05) is 0 Å². The molecule has 8 nitrogen and oxygen atoms in total. The molecule has 27 aromatic rings. The van der Waals surface area contributed by atoms with Gasteiger partial charge in [0.25, 0.3) is 0 Å². The van der Waals surface area contributed by atoms with Gasteiger partial charge in [0.15, 0.2) is 11.6 Å². The lowest BCUT2D eigenvalue weighted by Crippen LogP contribution is -2.15. The van der Waals surface area contributed by atoms with Gasteiger partial charge in [-0.05, 0) is 220 Å². The second-order valence-corrected chi connectivity index (χ2v) is 35.2. The minimum Gasteiger partial charge on any atom is -0.309 e. The van der Waals surface area contributed by atoms with Crippen LogP contribution >= 0.6 is 0 Å². The van der Waals surface area contributed by atoms with E-state index in [0.29, 0.717) is 11.6 Å². The van der Waals surface area contributed by atoms with Crippen LogP contribution in [0.15, 0.2) is 425 Å². The first-order chi connectivity index (χ1) is 63.7. The molecule has 0 amide bonds. The van der Waals surface area contributed by atoms with Gasteiger partial charge in [0.1, 0.15) is 0 Å². The van der Waals surface area contributed by atoms with Crippen LogP contribution in [-0.4, -0.2) is 38.2 Å². The molecule has 0 unspecified atom stereocenters. The molecule has 6 heterocycles. The van der Waals surface area contributed by atoms with E-state index in [1.54, 1.807) is 0 Å². The van der Waals surface area contributed by atoms with Gasteiger partial charge in [-0.1, -0.05) is 305 Å². The van der Waals surface area contributed by atoms with Gasteiger partial charge in [-0.15, -0.1) is 0 Å². The molecule has 129 heavy (non-hydrogen) atoms. The highest BCUT2D eigenvalue weighted by Crippen LogP contribution is 2.51. The number of aromatic nitrogens is 8. The molecule has 21 aromatic carbocycles. The predicted molar refractivity (Wildman–Crippen MR) is 541 cm³/mol. The third-order valence-corrected chi connectivity index (χ3v) is 27.7. The largest absolute Gasteiger partial charge is 0.309 e. The van der Waals surface area contributed by atoms with E-state index in [-0.39, 0.29) is 5.41 Å². The lowest BCUT2D eigenvalue weighted by atomic mass is 9.82. The summed E-state index contributed by atoms with van der Waals surface area (Å²) in [7, 11) is 0. The van der Waals surface area contributed by atoms with E-state index in [2.05, 4.69) is 457 Å². The summed E-state index contributed by atoms with van der Waals surface area (Å²) in [5.74, 6) is 1.40. The van der Waals surface area contributed by atoms with Crippen LogP contribution in [0.3, 0.4) is 0 Å². The van der Waals surface area contributed by atoms with Crippen molar-refractivity contribution >= 4 is 174 Å². The minimum absolute atomic E-state index is 0.114. The number of nitrogens with zero attached hydrogens (tertiary/aromatic N) is 8. The molecule has 0 radical (unpaired) electrons. The van der Waals surface area contributed by atoms with E-state index in [9.17, 15) is 0 Å². The van der Waals surface area contributed by atoms with Gasteiger partial charge < -0.3 is 18.3 Å². The summed E-state index contributed by atoms with van der Waals surface area (Å²) in [6, 6.07) is 155. The summed E-state index contributed by atoms with van der Waals surface area (Å²) in [6.45, 7) is 4.67. The van der Waals surface area contributed by atoms with Gasteiger partial charge in [-0.25, -0.2) is 19.9 Å². The number of rotatable bonds is 8. The molecule has 0 spiro atoms. The lowest BCUT2D eigenvalue weighted by molar-refractivity contribution is 0.660. The normalized spacial score (nSPS) is 12.6. The van der Waals surface area contributed by atoms with Crippen LogP contribution in [0.4, 0.5) is 0 Å². The molecule has 1 aliphatic carbocycles. The molecule has 0 bridgehead atoms. The van der Waals surface area contributed by atoms with Crippen molar-refractivity contribution in [2.75, 3.05) is 0 Å². The Morgan fingerprint density at radius 3 is 1.09 bits per heavy atom. The molecule has 6 aromatic heterocycles. The van der Waals surface area contributed by atoms with Crippen molar-refractivity contribution < 1.29 is 0 Å². The lowest BCUT2D eigenvalue weighted by Gasteiger charge is -2.22. The summed E-state index contributed by atoms with van der Waals surface area (Å²) in [6.07, 6.45) is 0. The van der Waals surface area contributed by atoms with Crippen molar-refractivity contribution in [3.63, 3.8) is 0 Å². The second-order valence-electron chi connectivity index (χ2n) is 35.2. The molecular weight excluding hydrogens is 1570 g/mol. The van der Waals surface area contributed by atoms with Gasteiger partial charge in [0.05, 0.1) is 66.6 Å². The standard InChI is InChI=1S/C61H40N4.C60H36N4/c1-61(2)51-22-9-5-18-45(51)46-30-27-39(35-52(46)61)59-48-20-6-10-23-53(48)62-60(63-59)40-15-13-16-42(32-40)65-54-24-11-7-19-47(54)50-34-38-26-29-43(33-41(38)36-57(50)65)64-55-25-12-8-21-49(55)58-44-17-4-3-14-37(44)28-31-56(58)64;1-3-16-46-37(12-1)24-25-39-26-27-41(35-51(39)46)59-49-19-5-8-21-53(49)61-60(62-59)42-14-11-15-44(32-42)64-54-22-9-6-18-48(54)52-34-40-28-30-45(33-43(40)36-57(52)64)63-55-23-10-7-20-50(55)58-47-17-4-2-13-38(47)29-31-56(58)63/h3-36H,1-2H3;1-36H. The topological polar surface area (TPSA) is 71.3 Å². The number of fused-ring (bicyclic) bond motifs is 26. The van der Waals surface area contributed by atoms with Gasteiger partial charge in [-0.3, -0.25) is 0 Å². The van der Waals surface area contributed by atoms with Crippen LogP contribution in [0.1, 0.15) is 25.0 Å². The van der Waals surface area contributed by atoms with Crippen molar-refractivity contribution in [2.24, 2.45) is 0 Å². The maximum Gasteiger partial charge on any atom is 0.160 e. The smallest absolute Gasteiger partial charge is 0.160 e. The van der Waals surface area contributed by atoms with Gasteiger partial charge in [0.2, 0.25) is 0 Å². The zero-order chi connectivity index (χ0) is 84.8. The van der Waals surface area contributed by atoms with Crippen LogP contribution in [0.2, 0.25) is 0 Å². The Balaban J connectivity index is 0.000000133. The van der Waals surface area contributed by atoms with E-state index < -0.39 is 0 Å². The summed E-state index contributed by atoms with van der Waals surface area (Å²) in [4.78, 5) is 21.2. The molecule has 1 aliphatic rings. The summed E-state index contributed by atoms with van der Waals surface area (Å²) in [5, 5.41) is 26.8. The van der Waals surface area contributed by atoms with E-state index in [1.165, 1.54) is 152 Å². The van der Waals surface area contributed by atoms with Crippen molar-refractivity contribution in [1.82, 2.24) is 38.2 Å². The molecular formula is C121H76N8. The molecule has 0 N–H and O–H groups in total. The fraction of sp³-hybridized carbons (Fsp3) is 0.0248. The highest BCUT2D eigenvalue weighted by molar-refractivity contribution is 6.24. The minimum atomic E-state index is -0.114. The highest BCUT2D eigenvalue weighted by atomic mass is 15.0. The maximum absolute atomic E-state index is 5.42. The fourth-order valence-electron chi connectivity index (χ4n) is 21.7. The number of hydrogen-bond donors (Lipinski definition) is 0. The van der Waals surface area contributed by atoms with Crippen molar-refractivity contribution in [1.29, 1.82) is 0 Å². The Morgan fingerprint density at radius 2 is 0.558 bits per heavy atom. The molecule has 0 atom stereocenters. The van der Waals surface area contributed by atoms with Crippen LogP contribution < -0.4 is 0 Å². The summed E-state index contributed by atoms with van der Waals surface area (Å²) >= 11 is 0. The number of benzene rings is 21. The highest BCUT2D eigenvalue weighted by Gasteiger charge is 2.36. The number of hydrogen-bond acceptors (Lipinski definition) is 4.